The van der Waals surface area contributed by atoms with Crippen LogP contribution >= 0.6 is 23.4 Å². The number of rotatable bonds is 4. The van der Waals surface area contributed by atoms with Gasteiger partial charge in [0, 0.05) is 23.8 Å². The number of hydrogen-bond acceptors (Lipinski definition) is 4. The maximum atomic E-state index is 12.2. The summed E-state index contributed by atoms with van der Waals surface area (Å²) in [5.74, 6) is 0.336. The molecule has 0 aliphatic rings. The van der Waals surface area contributed by atoms with E-state index in [9.17, 15) is 4.79 Å². The summed E-state index contributed by atoms with van der Waals surface area (Å²) in [5.41, 5.74) is 1.12. The molecular formula is C14H14ClN3OS. The number of anilines is 2. The first kappa shape index (κ1) is 14.7. The van der Waals surface area contributed by atoms with Crippen molar-refractivity contribution in [3.63, 3.8) is 0 Å². The maximum Gasteiger partial charge on any atom is 0.257 e. The number of carbonyl (C=O) groups excluding carboxylic acids is 1. The van der Waals surface area contributed by atoms with Gasteiger partial charge in [0.1, 0.15) is 5.82 Å². The summed E-state index contributed by atoms with van der Waals surface area (Å²) in [5, 5.41) is 6.01. The Morgan fingerprint density at radius 3 is 2.60 bits per heavy atom. The van der Waals surface area contributed by atoms with Crippen molar-refractivity contribution in [2.24, 2.45) is 0 Å². The molecule has 4 nitrogen and oxygen atoms in total. The Balaban J connectivity index is 2.18. The normalized spacial score (nSPS) is 10.2. The van der Waals surface area contributed by atoms with Crippen LogP contribution in [0.1, 0.15) is 10.4 Å². The number of nitrogens with zero attached hydrogens (tertiary/aromatic N) is 1. The highest BCUT2D eigenvalue weighted by atomic mass is 35.5. The van der Waals surface area contributed by atoms with Crippen molar-refractivity contribution in [2.45, 2.75) is 4.90 Å². The second-order valence-electron chi connectivity index (χ2n) is 3.98. The van der Waals surface area contributed by atoms with Gasteiger partial charge in [0.25, 0.3) is 5.91 Å². The molecule has 1 heterocycles. The van der Waals surface area contributed by atoms with Gasteiger partial charge in [-0.1, -0.05) is 11.6 Å². The molecule has 0 atom stereocenters. The number of pyridine rings is 1. The zero-order chi connectivity index (χ0) is 14.5. The fraction of sp³-hybridized carbons (Fsp3) is 0.143. The Morgan fingerprint density at radius 1 is 1.30 bits per heavy atom. The summed E-state index contributed by atoms with van der Waals surface area (Å²) in [6.45, 7) is 0. The summed E-state index contributed by atoms with van der Waals surface area (Å²) in [6, 6.07) is 9.24. The lowest BCUT2D eigenvalue weighted by atomic mass is 10.2. The monoisotopic (exact) mass is 307 g/mol. The summed E-state index contributed by atoms with van der Waals surface area (Å²) in [7, 11) is 1.74. The van der Waals surface area contributed by atoms with Crippen molar-refractivity contribution < 1.29 is 4.79 Å². The van der Waals surface area contributed by atoms with Gasteiger partial charge in [-0.15, -0.1) is 11.8 Å². The van der Waals surface area contributed by atoms with Crippen LogP contribution in [0.25, 0.3) is 0 Å². The second-order valence-corrected chi connectivity index (χ2v) is 5.27. The minimum absolute atomic E-state index is 0.259. The number of nitrogens with one attached hydrogen (secondary N) is 2. The molecule has 0 spiro atoms. The van der Waals surface area contributed by atoms with E-state index in [2.05, 4.69) is 15.6 Å². The van der Waals surface area contributed by atoms with Crippen LogP contribution in [-0.2, 0) is 0 Å². The molecule has 0 fully saturated rings. The lowest BCUT2D eigenvalue weighted by Crippen LogP contribution is -2.13. The quantitative estimate of drug-likeness (QED) is 0.845. The average Bonchev–Trinajstić information content (AvgIpc) is 2.48. The minimum atomic E-state index is -0.259. The topological polar surface area (TPSA) is 54.0 Å². The van der Waals surface area contributed by atoms with Gasteiger partial charge in [0.05, 0.1) is 10.6 Å². The Hall–Kier alpha value is -1.72. The van der Waals surface area contributed by atoms with Crippen LogP contribution in [0, 0.1) is 0 Å². The number of benzene rings is 1. The molecule has 2 rings (SSSR count). The number of hydrogen-bond donors (Lipinski definition) is 2. The van der Waals surface area contributed by atoms with Crippen molar-refractivity contribution in [1.82, 2.24) is 4.98 Å². The first-order valence-electron chi connectivity index (χ1n) is 5.92. The van der Waals surface area contributed by atoms with Gasteiger partial charge in [-0.05, 0) is 36.6 Å². The summed E-state index contributed by atoms with van der Waals surface area (Å²) < 4.78 is 0. The minimum Gasteiger partial charge on any atom is -0.373 e. The molecule has 1 aromatic heterocycles. The lowest BCUT2D eigenvalue weighted by molar-refractivity contribution is 0.102. The van der Waals surface area contributed by atoms with E-state index in [1.165, 1.54) is 6.20 Å². The van der Waals surface area contributed by atoms with Gasteiger partial charge >= 0.3 is 0 Å². The second kappa shape index (κ2) is 6.63. The number of thioether (sulfide) groups is 1. The molecule has 104 valence electrons. The van der Waals surface area contributed by atoms with Gasteiger partial charge in [0.15, 0.2) is 0 Å². The van der Waals surface area contributed by atoms with Gasteiger partial charge in [-0.25, -0.2) is 4.98 Å². The van der Waals surface area contributed by atoms with Gasteiger partial charge in [-0.2, -0.15) is 0 Å². The van der Waals surface area contributed by atoms with E-state index >= 15 is 0 Å². The molecule has 1 aromatic carbocycles. The molecule has 1 amide bonds. The standard InChI is InChI=1S/C14H14ClN3OS/c1-16-13-7-11(12(15)8-17-13)14(19)18-9-3-5-10(20-2)6-4-9/h3-8H,1-2H3,(H,16,17)(H,18,19). The zero-order valence-electron chi connectivity index (χ0n) is 11.1. The smallest absolute Gasteiger partial charge is 0.257 e. The van der Waals surface area contributed by atoms with Crippen molar-refractivity contribution in [3.8, 4) is 0 Å². The average molecular weight is 308 g/mol. The Labute approximate surface area is 126 Å². The van der Waals surface area contributed by atoms with Gasteiger partial charge in [0.2, 0.25) is 0 Å². The van der Waals surface area contributed by atoms with E-state index in [4.69, 9.17) is 11.6 Å². The van der Waals surface area contributed by atoms with Gasteiger partial charge < -0.3 is 10.6 Å². The molecule has 0 radical (unpaired) electrons. The lowest BCUT2D eigenvalue weighted by Gasteiger charge is -2.08. The highest BCUT2D eigenvalue weighted by Gasteiger charge is 2.12. The molecule has 0 unspecified atom stereocenters. The van der Waals surface area contributed by atoms with E-state index in [-0.39, 0.29) is 5.91 Å². The highest BCUT2D eigenvalue weighted by Crippen LogP contribution is 2.21. The third-order valence-electron chi connectivity index (χ3n) is 2.70. The molecule has 6 heteroatoms. The Bertz CT molecular complexity index is 616. The predicted molar refractivity (Wildman–Crippen MR) is 85.0 cm³/mol. The number of aromatic nitrogens is 1. The van der Waals surface area contributed by atoms with Crippen LogP contribution in [-0.4, -0.2) is 24.2 Å². The fourth-order valence-electron chi connectivity index (χ4n) is 1.62. The number of amides is 1. The fourth-order valence-corrected chi connectivity index (χ4v) is 2.22. The first-order chi connectivity index (χ1) is 9.63. The molecule has 2 aromatic rings. The van der Waals surface area contributed by atoms with Crippen LogP contribution in [0.4, 0.5) is 11.5 Å². The Kier molecular flexibility index (Phi) is 4.87. The summed E-state index contributed by atoms with van der Waals surface area (Å²) >= 11 is 7.66. The molecule has 0 aliphatic carbocycles. The van der Waals surface area contributed by atoms with Crippen LogP contribution in [0.3, 0.4) is 0 Å². The van der Waals surface area contributed by atoms with E-state index in [1.54, 1.807) is 24.9 Å². The zero-order valence-corrected chi connectivity index (χ0v) is 12.7. The van der Waals surface area contributed by atoms with Crippen LogP contribution in [0.2, 0.25) is 5.02 Å². The van der Waals surface area contributed by atoms with Crippen molar-refractivity contribution in [1.29, 1.82) is 0 Å². The van der Waals surface area contributed by atoms with Crippen molar-refractivity contribution in [3.05, 3.63) is 47.1 Å². The largest absolute Gasteiger partial charge is 0.373 e. The van der Waals surface area contributed by atoms with Crippen LogP contribution in [0.15, 0.2) is 41.4 Å². The molecule has 0 bridgehead atoms. The first-order valence-corrected chi connectivity index (χ1v) is 7.53. The maximum absolute atomic E-state index is 12.2. The number of halogens is 1. The van der Waals surface area contributed by atoms with E-state index in [0.717, 1.165) is 10.6 Å². The summed E-state index contributed by atoms with van der Waals surface area (Å²) in [4.78, 5) is 17.4. The third kappa shape index (κ3) is 3.43. The third-order valence-corrected chi connectivity index (χ3v) is 3.75. The Morgan fingerprint density at radius 2 is 2.00 bits per heavy atom. The molecule has 0 saturated carbocycles. The molecule has 2 N–H and O–H groups in total. The molecule has 0 aliphatic heterocycles. The van der Waals surface area contributed by atoms with E-state index < -0.39 is 0 Å². The molecule has 0 saturated heterocycles. The SMILES string of the molecule is CNc1cc(C(=O)Nc2ccc(SC)cc2)c(Cl)cn1. The molecular weight excluding hydrogens is 294 g/mol. The van der Waals surface area contributed by atoms with Crippen LogP contribution < -0.4 is 10.6 Å². The van der Waals surface area contributed by atoms with E-state index in [1.807, 2.05) is 30.5 Å². The van der Waals surface area contributed by atoms with Crippen molar-refractivity contribution >= 4 is 40.8 Å². The highest BCUT2D eigenvalue weighted by molar-refractivity contribution is 7.98. The van der Waals surface area contributed by atoms with Crippen LogP contribution in [0.5, 0.6) is 0 Å². The molecule has 20 heavy (non-hydrogen) atoms. The van der Waals surface area contributed by atoms with Crippen molar-refractivity contribution in [2.75, 3.05) is 23.9 Å². The van der Waals surface area contributed by atoms with Gasteiger partial charge in [-0.3, -0.25) is 4.79 Å². The van der Waals surface area contributed by atoms with E-state index in [0.29, 0.717) is 16.4 Å². The number of carbonyl (C=O) groups is 1. The predicted octanol–water partition coefficient (Wildman–Crippen LogP) is 3.75. The summed E-state index contributed by atoms with van der Waals surface area (Å²) in [6.07, 6.45) is 3.46.